The van der Waals surface area contributed by atoms with E-state index in [9.17, 15) is 14.9 Å². The summed E-state index contributed by atoms with van der Waals surface area (Å²) in [7, 11) is 1.54. The molecule has 0 bridgehead atoms. The predicted molar refractivity (Wildman–Crippen MR) is 88.5 cm³/mol. The summed E-state index contributed by atoms with van der Waals surface area (Å²) in [5, 5.41) is 10.6. The van der Waals surface area contributed by atoms with E-state index in [4.69, 9.17) is 9.47 Å². The zero-order valence-corrected chi connectivity index (χ0v) is 13.6. The zero-order valence-electron chi connectivity index (χ0n) is 12.1. The molecular weight excluding hydrogens is 366 g/mol. The van der Waals surface area contributed by atoms with Crippen molar-refractivity contribution in [1.82, 2.24) is 0 Å². The fraction of sp³-hybridized carbons (Fsp3) is 0.0625. The van der Waals surface area contributed by atoms with Crippen LogP contribution in [0, 0.1) is 10.1 Å². The molecule has 0 saturated heterocycles. The molecule has 0 saturated carbocycles. The Bertz CT molecular complexity index is 756. The SMILES string of the molecule is COc1ccc(Br)cc1/C=C/C(=O)Oc1ccc([N+](=O)[O-])cc1. The first-order chi connectivity index (χ1) is 11.0. The van der Waals surface area contributed by atoms with Gasteiger partial charge >= 0.3 is 5.97 Å². The number of methoxy groups -OCH3 is 1. The van der Waals surface area contributed by atoms with E-state index < -0.39 is 10.9 Å². The minimum atomic E-state index is -0.596. The predicted octanol–water partition coefficient (Wildman–Crippen LogP) is 3.98. The third-order valence-electron chi connectivity index (χ3n) is 2.86. The largest absolute Gasteiger partial charge is 0.496 e. The molecule has 0 aliphatic carbocycles. The minimum Gasteiger partial charge on any atom is -0.496 e. The maximum absolute atomic E-state index is 11.8. The summed E-state index contributed by atoms with van der Waals surface area (Å²) in [5.74, 6) is 0.250. The molecule has 0 aliphatic heterocycles. The standard InChI is InChI=1S/C16H12BrNO5/c1-22-15-8-3-12(17)10-11(15)2-9-16(19)23-14-6-4-13(5-7-14)18(20)21/h2-10H,1H3/b9-2+. The molecule has 2 rings (SSSR count). The Morgan fingerprint density at radius 1 is 1.22 bits per heavy atom. The topological polar surface area (TPSA) is 78.7 Å². The van der Waals surface area contributed by atoms with Crippen LogP contribution in [0.4, 0.5) is 5.69 Å². The van der Waals surface area contributed by atoms with Gasteiger partial charge in [-0.05, 0) is 36.4 Å². The molecule has 0 unspecified atom stereocenters. The van der Waals surface area contributed by atoms with E-state index in [1.165, 1.54) is 37.5 Å². The van der Waals surface area contributed by atoms with E-state index >= 15 is 0 Å². The van der Waals surface area contributed by atoms with Crippen LogP contribution in [0.3, 0.4) is 0 Å². The van der Waals surface area contributed by atoms with E-state index in [0.29, 0.717) is 11.3 Å². The molecule has 0 heterocycles. The molecule has 0 spiro atoms. The normalized spacial score (nSPS) is 10.5. The van der Waals surface area contributed by atoms with Crippen LogP contribution in [-0.2, 0) is 4.79 Å². The molecule has 2 aromatic rings. The number of hydrogen-bond acceptors (Lipinski definition) is 5. The molecule has 7 heteroatoms. The number of hydrogen-bond donors (Lipinski definition) is 0. The Balaban J connectivity index is 2.07. The van der Waals surface area contributed by atoms with E-state index in [-0.39, 0.29) is 11.4 Å². The number of rotatable bonds is 5. The van der Waals surface area contributed by atoms with E-state index in [1.807, 2.05) is 6.07 Å². The molecule has 0 fully saturated rings. The van der Waals surface area contributed by atoms with Crippen molar-refractivity contribution in [1.29, 1.82) is 0 Å². The van der Waals surface area contributed by atoms with Crippen LogP contribution in [0.5, 0.6) is 11.5 Å². The van der Waals surface area contributed by atoms with Crippen molar-refractivity contribution in [2.45, 2.75) is 0 Å². The van der Waals surface area contributed by atoms with Crippen molar-refractivity contribution in [2.75, 3.05) is 7.11 Å². The minimum absolute atomic E-state index is 0.0702. The molecule has 118 valence electrons. The van der Waals surface area contributed by atoms with Gasteiger partial charge in [-0.1, -0.05) is 15.9 Å². The first-order valence-electron chi connectivity index (χ1n) is 6.47. The van der Waals surface area contributed by atoms with Crippen LogP contribution >= 0.6 is 15.9 Å². The lowest BCUT2D eigenvalue weighted by molar-refractivity contribution is -0.384. The Labute approximate surface area is 140 Å². The molecule has 0 N–H and O–H groups in total. The number of nitrogens with zero attached hydrogens (tertiary/aromatic N) is 1. The Morgan fingerprint density at radius 3 is 2.52 bits per heavy atom. The van der Waals surface area contributed by atoms with Gasteiger partial charge < -0.3 is 9.47 Å². The van der Waals surface area contributed by atoms with Gasteiger partial charge in [0.2, 0.25) is 0 Å². The summed E-state index contributed by atoms with van der Waals surface area (Å²) in [6.45, 7) is 0. The maximum atomic E-state index is 11.8. The quantitative estimate of drug-likeness (QED) is 0.259. The van der Waals surface area contributed by atoms with Crippen LogP contribution in [-0.4, -0.2) is 18.0 Å². The number of benzene rings is 2. The average Bonchev–Trinajstić information content (AvgIpc) is 2.53. The second kappa shape index (κ2) is 7.55. The summed E-state index contributed by atoms with van der Waals surface area (Å²) in [6.07, 6.45) is 2.82. The number of carbonyl (C=O) groups excluding carboxylic acids is 1. The molecule has 0 atom stereocenters. The van der Waals surface area contributed by atoms with Gasteiger partial charge in [-0.15, -0.1) is 0 Å². The highest BCUT2D eigenvalue weighted by atomic mass is 79.9. The second-order valence-electron chi connectivity index (χ2n) is 4.39. The van der Waals surface area contributed by atoms with Crippen molar-refractivity contribution >= 4 is 33.7 Å². The molecule has 0 aliphatic rings. The van der Waals surface area contributed by atoms with Gasteiger partial charge in [0.25, 0.3) is 5.69 Å². The van der Waals surface area contributed by atoms with Gasteiger partial charge in [-0.2, -0.15) is 0 Å². The Morgan fingerprint density at radius 2 is 1.91 bits per heavy atom. The lowest BCUT2D eigenvalue weighted by Gasteiger charge is -2.05. The number of nitro benzene ring substituents is 1. The Hall–Kier alpha value is -2.67. The molecule has 23 heavy (non-hydrogen) atoms. The van der Waals surface area contributed by atoms with Crippen molar-refractivity contribution < 1.29 is 19.2 Å². The number of esters is 1. The van der Waals surface area contributed by atoms with Crippen molar-refractivity contribution in [3.63, 3.8) is 0 Å². The van der Waals surface area contributed by atoms with Crippen LogP contribution < -0.4 is 9.47 Å². The highest BCUT2D eigenvalue weighted by Gasteiger charge is 2.07. The average molecular weight is 378 g/mol. The van der Waals surface area contributed by atoms with E-state index in [1.54, 1.807) is 18.2 Å². The molecule has 6 nitrogen and oxygen atoms in total. The van der Waals surface area contributed by atoms with Crippen LogP contribution in [0.15, 0.2) is 53.0 Å². The summed E-state index contributed by atoms with van der Waals surface area (Å²) in [5.41, 5.74) is 0.640. The van der Waals surface area contributed by atoms with Gasteiger partial charge in [0.1, 0.15) is 11.5 Å². The van der Waals surface area contributed by atoms with Gasteiger partial charge in [0.15, 0.2) is 0 Å². The fourth-order valence-electron chi connectivity index (χ4n) is 1.78. The number of carbonyl (C=O) groups is 1. The summed E-state index contributed by atoms with van der Waals surface area (Å²) in [6, 6.07) is 10.7. The van der Waals surface area contributed by atoms with Gasteiger partial charge in [0.05, 0.1) is 12.0 Å². The summed E-state index contributed by atoms with van der Waals surface area (Å²) >= 11 is 3.34. The third kappa shape index (κ3) is 4.65. The number of nitro groups is 1. The van der Waals surface area contributed by atoms with Crippen molar-refractivity contribution in [3.8, 4) is 11.5 Å². The van der Waals surface area contributed by atoms with Gasteiger partial charge in [-0.25, -0.2) is 4.79 Å². The highest BCUT2D eigenvalue weighted by Crippen LogP contribution is 2.24. The molecule has 2 aromatic carbocycles. The number of non-ortho nitro benzene ring substituents is 1. The third-order valence-corrected chi connectivity index (χ3v) is 3.35. The molecule has 0 aromatic heterocycles. The van der Waals surface area contributed by atoms with Crippen molar-refractivity contribution in [3.05, 3.63) is 68.7 Å². The fourth-order valence-corrected chi connectivity index (χ4v) is 2.16. The lowest BCUT2D eigenvalue weighted by atomic mass is 10.2. The molecule has 0 amide bonds. The van der Waals surface area contributed by atoms with E-state index in [0.717, 1.165) is 4.47 Å². The molecule has 0 radical (unpaired) electrons. The van der Waals surface area contributed by atoms with Crippen LogP contribution in [0.2, 0.25) is 0 Å². The summed E-state index contributed by atoms with van der Waals surface area (Å²) < 4.78 is 11.1. The zero-order chi connectivity index (χ0) is 16.8. The lowest BCUT2D eigenvalue weighted by Crippen LogP contribution is -2.03. The monoisotopic (exact) mass is 377 g/mol. The Kier molecular flexibility index (Phi) is 5.48. The van der Waals surface area contributed by atoms with Gasteiger partial charge in [-0.3, -0.25) is 10.1 Å². The first kappa shape index (κ1) is 16.7. The smallest absolute Gasteiger partial charge is 0.336 e. The number of ether oxygens (including phenoxy) is 2. The number of halogens is 1. The highest BCUT2D eigenvalue weighted by molar-refractivity contribution is 9.10. The van der Waals surface area contributed by atoms with E-state index in [2.05, 4.69) is 15.9 Å². The van der Waals surface area contributed by atoms with Gasteiger partial charge in [0, 0.05) is 28.2 Å². The van der Waals surface area contributed by atoms with Crippen molar-refractivity contribution in [2.24, 2.45) is 0 Å². The first-order valence-corrected chi connectivity index (χ1v) is 7.27. The van der Waals surface area contributed by atoms with Crippen LogP contribution in [0.1, 0.15) is 5.56 Å². The maximum Gasteiger partial charge on any atom is 0.336 e. The summed E-state index contributed by atoms with van der Waals surface area (Å²) in [4.78, 5) is 21.8. The molecular formula is C16H12BrNO5. The van der Waals surface area contributed by atoms with Crippen LogP contribution in [0.25, 0.3) is 6.08 Å². The second-order valence-corrected chi connectivity index (χ2v) is 5.31.